The van der Waals surface area contributed by atoms with Crippen LogP contribution < -0.4 is 5.32 Å². The maximum absolute atomic E-state index is 13.4. The summed E-state index contributed by atoms with van der Waals surface area (Å²) in [5.41, 5.74) is 4.18. The molecule has 4 rings (SSSR count). The number of amides is 1. The van der Waals surface area contributed by atoms with Crippen LogP contribution in [0.2, 0.25) is 0 Å². The summed E-state index contributed by atoms with van der Waals surface area (Å²) in [4.78, 5) is 16.0. The van der Waals surface area contributed by atoms with E-state index in [0.29, 0.717) is 6.04 Å². The SMILES string of the molecule is CCN1C2CCC1(C(NC(=O)c1c(C)cccc1C)c1ccccc1)CC2. The third-order valence-electron chi connectivity index (χ3n) is 6.83. The molecule has 1 atom stereocenters. The van der Waals surface area contributed by atoms with Crippen molar-refractivity contribution in [2.75, 3.05) is 6.54 Å². The van der Waals surface area contributed by atoms with E-state index in [9.17, 15) is 4.79 Å². The molecular weight excluding hydrogens is 332 g/mol. The van der Waals surface area contributed by atoms with Crippen molar-refractivity contribution in [3.63, 3.8) is 0 Å². The number of hydrogen-bond donors (Lipinski definition) is 1. The fourth-order valence-electron chi connectivity index (χ4n) is 5.64. The predicted molar refractivity (Wildman–Crippen MR) is 110 cm³/mol. The molecule has 0 radical (unpaired) electrons. The molecule has 2 fully saturated rings. The van der Waals surface area contributed by atoms with E-state index in [1.165, 1.54) is 18.4 Å². The molecule has 1 unspecified atom stereocenters. The first-order valence-corrected chi connectivity index (χ1v) is 10.3. The summed E-state index contributed by atoms with van der Waals surface area (Å²) < 4.78 is 0. The molecule has 3 heteroatoms. The molecule has 2 aliphatic rings. The molecule has 1 amide bonds. The first kappa shape index (κ1) is 18.2. The van der Waals surface area contributed by atoms with Crippen LogP contribution in [0.3, 0.4) is 0 Å². The summed E-state index contributed by atoms with van der Waals surface area (Å²) in [6, 6.07) is 17.3. The molecule has 0 aliphatic carbocycles. The third-order valence-corrected chi connectivity index (χ3v) is 6.83. The number of likely N-dealkylation sites (N-methyl/N-ethyl adjacent to an activating group) is 1. The van der Waals surface area contributed by atoms with Gasteiger partial charge in [0.15, 0.2) is 0 Å². The Morgan fingerprint density at radius 1 is 1.07 bits per heavy atom. The predicted octanol–water partition coefficient (Wildman–Crippen LogP) is 4.79. The average Bonchev–Trinajstić information content (AvgIpc) is 3.22. The van der Waals surface area contributed by atoms with E-state index in [2.05, 4.69) is 47.5 Å². The molecule has 2 bridgehead atoms. The van der Waals surface area contributed by atoms with Gasteiger partial charge in [0.05, 0.1) is 6.04 Å². The average molecular weight is 363 g/mol. The van der Waals surface area contributed by atoms with E-state index < -0.39 is 0 Å². The van der Waals surface area contributed by atoms with E-state index in [1.807, 2.05) is 32.0 Å². The van der Waals surface area contributed by atoms with Crippen molar-refractivity contribution in [3.05, 3.63) is 70.8 Å². The lowest BCUT2D eigenvalue weighted by atomic mass is 9.78. The van der Waals surface area contributed by atoms with Gasteiger partial charge in [0.1, 0.15) is 0 Å². The molecule has 0 spiro atoms. The minimum absolute atomic E-state index is 0.0256. The van der Waals surface area contributed by atoms with Crippen LogP contribution in [0, 0.1) is 13.8 Å². The van der Waals surface area contributed by atoms with Crippen LogP contribution in [-0.2, 0) is 0 Å². The zero-order chi connectivity index (χ0) is 19.0. The smallest absolute Gasteiger partial charge is 0.252 e. The van der Waals surface area contributed by atoms with Crippen molar-refractivity contribution in [2.45, 2.75) is 64.1 Å². The first-order valence-electron chi connectivity index (χ1n) is 10.3. The Labute approximate surface area is 162 Å². The van der Waals surface area contributed by atoms with Gasteiger partial charge in [0, 0.05) is 17.1 Å². The fraction of sp³-hybridized carbons (Fsp3) is 0.458. The van der Waals surface area contributed by atoms with Crippen LogP contribution in [0.15, 0.2) is 48.5 Å². The molecule has 1 N–H and O–H groups in total. The minimum atomic E-state index is 0.0256. The number of rotatable bonds is 5. The molecular formula is C24H30N2O. The molecule has 3 nitrogen and oxygen atoms in total. The Kier molecular flexibility index (Phi) is 4.81. The molecule has 142 valence electrons. The maximum atomic E-state index is 13.4. The van der Waals surface area contributed by atoms with Gasteiger partial charge in [-0.05, 0) is 62.8 Å². The summed E-state index contributed by atoms with van der Waals surface area (Å²) in [5, 5.41) is 3.48. The van der Waals surface area contributed by atoms with Crippen molar-refractivity contribution >= 4 is 5.91 Å². The Balaban J connectivity index is 1.73. The van der Waals surface area contributed by atoms with E-state index in [-0.39, 0.29) is 17.5 Å². The second kappa shape index (κ2) is 7.12. The lowest BCUT2D eigenvalue weighted by Crippen LogP contribution is -2.52. The highest BCUT2D eigenvalue weighted by atomic mass is 16.1. The summed E-state index contributed by atoms with van der Waals surface area (Å²) in [5.74, 6) is 0.0558. The summed E-state index contributed by atoms with van der Waals surface area (Å²) in [6.07, 6.45) is 4.82. The van der Waals surface area contributed by atoms with Crippen molar-refractivity contribution < 1.29 is 4.79 Å². The number of carbonyl (C=O) groups is 1. The van der Waals surface area contributed by atoms with Gasteiger partial charge >= 0.3 is 0 Å². The van der Waals surface area contributed by atoms with E-state index >= 15 is 0 Å². The quantitative estimate of drug-likeness (QED) is 0.829. The number of fused-ring (bicyclic) bond motifs is 2. The molecule has 0 saturated carbocycles. The van der Waals surface area contributed by atoms with Gasteiger partial charge in [-0.25, -0.2) is 0 Å². The highest BCUT2D eigenvalue weighted by Crippen LogP contribution is 2.52. The maximum Gasteiger partial charge on any atom is 0.252 e. The second-order valence-corrected chi connectivity index (χ2v) is 8.20. The van der Waals surface area contributed by atoms with Crippen molar-refractivity contribution in [1.29, 1.82) is 0 Å². The molecule has 0 aromatic heterocycles. The highest BCUT2D eigenvalue weighted by Gasteiger charge is 2.55. The van der Waals surface area contributed by atoms with Gasteiger partial charge in [0.25, 0.3) is 5.91 Å². The van der Waals surface area contributed by atoms with Crippen LogP contribution in [0.1, 0.15) is 65.7 Å². The second-order valence-electron chi connectivity index (χ2n) is 8.20. The van der Waals surface area contributed by atoms with Crippen LogP contribution >= 0.6 is 0 Å². The van der Waals surface area contributed by atoms with Gasteiger partial charge < -0.3 is 5.32 Å². The summed E-state index contributed by atoms with van der Waals surface area (Å²) in [7, 11) is 0. The number of nitrogens with one attached hydrogen (secondary N) is 1. The molecule has 2 aromatic carbocycles. The minimum Gasteiger partial charge on any atom is -0.343 e. The van der Waals surface area contributed by atoms with Gasteiger partial charge in [-0.1, -0.05) is 55.5 Å². The normalized spacial score (nSPS) is 25.5. The van der Waals surface area contributed by atoms with Gasteiger partial charge in [-0.2, -0.15) is 0 Å². The van der Waals surface area contributed by atoms with Gasteiger partial charge in [-0.3, -0.25) is 9.69 Å². The zero-order valence-electron chi connectivity index (χ0n) is 16.7. The fourth-order valence-corrected chi connectivity index (χ4v) is 5.64. The molecule has 2 aromatic rings. The van der Waals surface area contributed by atoms with Gasteiger partial charge in [-0.15, -0.1) is 0 Å². The summed E-state index contributed by atoms with van der Waals surface area (Å²) >= 11 is 0. The van der Waals surface area contributed by atoms with Crippen molar-refractivity contribution in [1.82, 2.24) is 10.2 Å². The lowest BCUT2D eigenvalue weighted by Gasteiger charge is -2.42. The van der Waals surface area contributed by atoms with Crippen LogP contribution in [0.25, 0.3) is 0 Å². The van der Waals surface area contributed by atoms with Crippen molar-refractivity contribution in [3.8, 4) is 0 Å². The Bertz CT molecular complexity index is 801. The molecule has 2 saturated heterocycles. The van der Waals surface area contributed by atoms with Gasteiger partial charge in [0.2, 0.25) is 0 Å². The Morgan fingerprint density at radius 2 is 1.70 bits per heavy atom. The van der Waals surface area contributed by atoms with E-state index in [1.54, 1.807) is 0 Å². The van der Waals surface area contributed by atoms with E-state index in [0.717, 1.165) is 36.1 Å². The Morgan fingerprint density at radius 3 is 2.30 bits per heavy atom. The van der Waals surface area contributed by atoms with Crippen LogP contribution in [0.4, 0.5) is 0 Å². The number of carbonyl (C=O) groups excluding carboxylic acids is 1. The summed E-state index contributed by atoms with van der Waals surface area (Å²) in [6.45, 7) is 7.36. The number of benzene rings is 2. The number of hydrogen-bond acceptors (Lipinski definition) is 2. The first-order chi connectivity index (χ1) is 13.1. The van der Waals surface area contributed by atoms with Crippen LogP contribution in [0.5, 0.6) is 0 Å². The monoisotopic (exact) mass is 362 g/mol. The Hall–Kier alpha value is -2.13. The highest BCUT2D eigenvalue weighted by molar-refractivity contribution is 5.97. The largest absolute Gasteiger partial charge is 0.343 e. The zero-order valence-corrected chi connectivity index (χ0v) is 16.7. The molecule has 2 heterocycles. The number of aryl methyl sites for hydroxylation is 2. The van der Waals surface area contributed by atoms with Crippen molar-refractivity contribution in [2.24, 2.45) is 0 Å². The third kappa shape index (κ3) is 2.98. The molecule has 27 heavy (non-hydrogen) atoms. The standard InChI is InChI=1S/C24H30N2O/c1-4-26-20-13-15-24(26,16-14-20)22(19-11-6-5-7-12-19)25-23(27)21-17(2)9-8-10-18(21)3/h5-12,20,22H,4,13-16H2,1-3H3,(H,25,27). The van der Waals surface area contributed by atoms with Crippen LogP contribution in [-0.4, -0.2) is 28.9 Å². The molecule has 2 aliphatic heterocycles. The number of nitrogens with zero attached hydrogens (tertiary/aromatic N) is 1. The van der Waals surface area contributed by atoms with E-state index in [4.69, 9.17) is 0 Å². The topological polar surface area (TPSA) is 32.3 Å². The lowest BCUT2D eigenvalue weighted by molar-refractivity contribution is 0.0796.